The quantitative estimate of drug-likeness (QED) is 0.875. The summed E-state index contributed by atoms with van der Waals surface area (Å²) in [5.74, 6) is 1.00. The third-order valence-electron chi connectivity index (χ3n) is 2.89. The number of hydrogen-bond donors (Lipinski definition) is 1. The molecule has 0 bridgehead atoms. The number of aromatic nitrogens is 1. The van der Waals surface area contributed by atoms with Crippen molar-refractivity contribution in [2.75, 3.05) is 18.5 Å². The zero-order valence-corrected chi connectivity index (χ0v) is 10.4. The normalized spacial score (nSPS) is 12.6. The number of rotatable bonds is 4. The summed E-state index contributed by atoms with van der Waals surface area (Å²) in [6.45, 7) is 2.96. The number of pyridine rings is 1. The van der Waals surface area contributed by atoms with Gasteiger partial charge in [0.1, 0.15) is 5.82 Å². The molecule has 1 heterocycles. The molecule has 2 aromatic rings. The minimum Gasteiger partial charge on any atom is -0.360 e. The van der Waals surface area contributed by atoms with Crippen LogP contribution in [-0.2, 0) is 0 Å². The molecule has 0 aliphatic heterocycles. The van der Waals surface area contributed by atoms with E-state index in [0.29, 0.717) is 0 Å². The molecular weight excluding hydrogens is 210 g/mol. The highest BCUT2D eigenvalue weighted by molar-refractivity contribution is 5.80. The Bertz CT molecular complexity index is 494. The first kappa shape index (κ1) is 11.9. The van der Waals surface area contributed by atoms with Crippen LogP contribution in [0.15, 0.2) is 36.4 Å². The molecule has 3 heteroatoms. The molecule has 0 aliphatic rings. The fraction of sp³-hybridized carbons (Fsp3) is 0.357. The van der Waals surface area contributed by atoms with Crippen LogP contribution in [0.4, 0.5) is 5.82 Å². The fourth-order valence-corrected chi connectivity index (χ4v) is 1.78. The molecule has 2 rings (SSSR count). The zero-order chi connectivity index (χ0) is 12.3. The van der Waals surface area contributed by atoms with Crippen LogP contribution in [0.2, 0.25) is 0 Å². The third kappa shape index (κ3) is 2.94. The molecule has 0 fully saturated rings. The van der Waals surface area contributed by atoms with Crippen LogP contribution in [0.25, 0.3) is 10.9 Å². The Kier molecular flexibility index (Phi) is 3.59. The molecule has 1 aromatic carbocycles. The zero-order valence-electron chi connectivity index (χ0n) is 10.4. The highest BCUT2D eigenvalue weighted by Crippen LogP contribution is 2.17. The Hall–Kier alpha value is -1.61. The van der Waals surface area contributed by atoms with Crippen molar-refractivity contribution < 1.29 is 0 Å². The molecule has 3 nitrogen and oxygen atoms in total. The van der Waals surface area contributed by atoms with Crippen molar-refractivity contribution in [3.8, 4) is 0 Å². The Morgan fingerprint density at radius 1 is 1.24 bits per heavy atom. The SMILES string of the molecule is CC(N)CCN(C)c1ccc2ccccc2n1. The number of hydrogen-bond acceptors (Lipinski definition) is 3. The minimum absolute atomic E-state index is 0.234. The first-order valence-electron chi connectivity index (χ1n) is 5.99. The van der Waals surface area contributed by atoms with Gasteiger partial charge in [0.25, 0.3) is 0 Å². The Morgan fingerprint density at radius 3 is 2.76 bits per heavy atom. The van der Waals surface area contributed by atoms with Gasteiger partial charge in [0.05, 0.1) is 5.52 Å². The molecule has 0 saturated carbocycles. The van der Waals surface area contributed by atoms with Crippen LogP contribution in [0.5, 0.6) is 0 Å². The lowest BCUT2D eigenvalue weighted by Gasteiger charge is -2.19. The Balaban J connectivity index is 2.18. The van der Waals surface area contributed by atoms with Crippen LogP contribution in [0, 0.1) is 0 Å². The number of benzene rings is 1. The second kappa shape index (κ2) is 5.15. The van der Waals surface area contributed by atoms with E-state index in [4.69, 9.17) is 5.73 Å². The third-order valence-corrected chi connectivity index (χ3v) is 2.89. The summed E-state index contributed by atoms with van der Waals surface area (Å²) in [5, 5.41) is 1.18. The summed E-state index contributed by atoms with van der Waals surface area (Å²) in [5.41, 5.74) is 6.80. The average molecular weight is 229 g/mol. The number of para-hydroxylation sites is 1. The van der Waals surface area contributed by atoms with E-state index in [-0.39, 0.29) is 6.04 Å². The topological polar surface area (TPSA) is 42.1 Å². The van der Waals surface area contributed by atoms with E-state index in [1.807, 2.05) is 25.1 Å². The van der Waals surface area contributed by atoms with Crippen molar-refractivity contribution in [2.45, 2.75) is 19.4 Å². The molecule has 90 valence electrons. The standard InChI is InChI=1S/C14H19N3/c1-11(15)9-10-17(2)14-8-7-12-5-3-4-6-13(12)16-14/h3-8,11H,9-10,15H2,1-2H3. The van der Waals surface area contributed by atoms with E-state index in [0.717, 1.165) is 24.3 Å². The van der Waals surface area contributed by atoms with Gasteiger partial charge in [-0.15, -0.1) is 0 Å². The average Bonchev–Trinajstić information content (AvgIpc) is 2.35. The number of nitrogens with zero attached hydrogens (tertiary/aromatic N) is 2. The van der Waals surface area contributed by atoms with Crippen LogP contribution in [0.3, 0.4) is 0 Å². The maximum Gasteiger partial charge on any atom is 0.128 e. The lowest BCUT2D eigenvalue weighted by atomic mass is 10.2. The van der Waals surface area contributed by atoms with Crippen molar-refractivity contribution in [1.82, 2.24) is 4.98 Å². The van der Waals surface area contributed by atoms with E-state index >= 15 is 0 Å². The molecule has 0 saturated heterocycles. The van der Waals surface area contributed by atoms with Crippen LogP contribution >= 0.6 is 0 Å². The van der Waals surface area contributed by atoms with Crippen LogP contribution in [0.1, 0.15) is 13.3 Å². The van der Waals surface area contributed by atoms with Gasteiger partial charge in [0.15, 0.2) is 0 Å². The molecule has 1 atom stereocenters. The first-order valence-corrected chi connectivity index (χ1v) is 5.99. The summed E-state index contributed by atoms with van der Waals surface area (Å²) >= 11 is 0. The molecule has 2 N–H and O–H groups in total. The van der Waals surface area contributed by atoms with Gasteiger partial charge < -0.3 is 10.6 Å². The van der Waals surface area contributed by atoms with E-state index in [9.17, 15) is 0 Å². The lowest BCUT2D eigenvalue weighted by Crippen LogP contribution is -2.26. The smallest absolute Gasteiger partial charge is 0.128 e. The first-order chi connectivity index (χ1) is 8.16. The molecule has 0 spiro atoms. The molecular formula is C14H19N3. The van der Waals surface area contributed by atoms with E-state index in [1.54, 1.807) is 0 Å². The number of anilines is 1. The lowest BCUT2D eigenvalue weighted by molar-refractivity contribution is 0.657. The summed E-state index contributed by atoms with van der Waals surface area (Å²) in [6.07, 6.45) is 0.977. The summed E-state index contributed by atoms with van der Waals surface area (Å²) in [4.78, 5) is 6.79. The molecule has 1 aromatic heterocycles. The summed E-state index contributed by atoms with van der Waals surface area (Å²) < 4.78 is 0. The van der Waals surface area contributed by atoms with Gasteiger partial charge in [0, 0.05) is 25.0 Å². The van der Waals surface area contributed by atoms with Gasteiger partial charge in [-0.05, 0) is 31.5 Å². The minimum atomic E-state index is 0.234. The largest absolute Gasteiger partial charge is 0.360 e. The van der Waals surface area contributed by atoms with Crippen molar-refractivity contribution in [2.24, 2.45) is 5.73 Å². The van der Waals surface area contributed by atoms with Crippen molar-refractivity contribution in [3.63, 3.8) is 0 Å². The van der Waals surface area contributed by atoms with Crippen LogP contribution in [-0.4, -0.2) is 24.6 Å². The van der Waals surface area contributed by atoms with Gasteiger partial charge in [-0.3, -0.25) is 0 Å². The molecule has 0 aliphatic carbocycles. The fourth-order valence-electron chi connectivity index (χ4n) is 1.78. The van der Waals surface area contributed by atoms with Crippen LogP contribution < -0.4 is 10.6 Å². The van der Waals surface area contributed by atoms with E-state index in [1.165, 1.54) is 5.39 Å². The van der Waals surface area contributed by atoms with Crippen molar-refractivity contribution in [1.29, 1.82) is 0 Å². The van der Waals surface area contributed by atoms with E-state index < -0.39 is 0 Å². The molecule has 0 amide bonds. The van der Waals surface area contributed by atoms with Gasteiger partial charge >= 0.3 is 0 Å². The number of nitrogens with two attached hydrogens (primary N) is 1. The van der Waals surface area contributed by atoms with Gasteiger partial charge in [-0.25, -0.2) is 4.98 Å². The predicted molar refractivity (Wildman–Crippen MR) is 73.3 cm³/mol. The van der Waals surface area contributed by atoms with Gasteiger partial charge in [-0.1, -0.05) is 18.2 Å². The second-order valence-corrected chi connectivity index (χ2v) is 4.55. The number of fused-ring (bicyclic) bond motifs is 1. The second-order valence-electron chi connectivity index (χ2n) is 4.55. The highest BCUT2D eigenvalue weighted by Gasteiger charge is 2.04. The maximum atomic E-state index is 5.76. The Labute approximate surface area is 102 Å². The maximum absolute atomic E-state index is 5.76. The summed E-state index contributed by atoms with van der Waals surface area (Å²) in [6, 6.07) is 12.6. The monoisotopic (exact) mass is 229 g/mol. The van der Waals surface area contributed by atoms with Crippen molar-refractivity contribution in [3.05, 3.63) is 36.4 Å². The summed E-state index contributed by atoms with van der Waals surface area (Å²) in [7, 11) is 2.06. The van der Waals surface area contributed by atoms with Gasteiger partial charge in [0.2, 0.25) is 0 Å². The van der Waals surface area contributed by atoms with Gasteiger partial charge in [-0.2, -0.15) is 0 Å². The molecule has 0 radical (unpaired) electrons. The van der Waals surface area contributed by atoms with E-state index in [2.05, 4.69) is 35.1 Å². The highest BCUT2D eigenvalue weighted by atomic mass is 15.2. The molecule has 1 unspecified atom stereocenters. The Morgan fingerprint density at radius 2 is 2.00 bits per heavy atom. The predicted octanol–water partition coefficient (Wildman–Crippen LogP) is 2.41. The molecule has 17 heavy (non-hydrogen) atoms. The van der Waals surface area contributed by atoms with Crippen molar-refractivity contribution >= 4 is 16.7 Å².